The Morgan fingerprint density at radius 3 is 2.60 bits per heavy atom. The van der Waals surface area contributed by atoms with Crippen molar-refractivity contribution in [2.24, 2.45) is 0 Å². The second-order valence-corrected chi connectivity index (χ2v) is 7.07. The van der Waals surface area contributed by atoms with Crippen LogP contribution in [-0.2, 0) is 0 Å². The molecule has 3 aromatic rings. The van der Waals surface area contributed by atoms with Gasteiger partial charge in [0.25, 0.3) is 0 Å². The number of nitrogens with zero attached hydrogens (tertiary/aromatic N) is 1. The van der Waals surface area contributed by atoms with Crippen LogP contribution in [0, 0.1) is 6.92 Å². The Hall–Kier alpha value is -1.23. The summed E-state index contributed by atoms with van der Waals surface area (Å²) in [5, 5.41) is 10.5. The number of aryl methyl sites for hydroxylation is 1. The van der Waals surface area contributed by atoms with Crippen LogP contribution in [0.5, 0.6) is 0 Å². The molecule has 0 saturated carbocycles. The molecule has 3 rings (SSSR count). The number of fused-ring (bicyclic) bond motifs is 1. The van der Waals surface area contributed by atoms with Crippen LogP contribution in [0.1, 0.15) is 36.2 Å². The highest BCUT2D eigenvalue weighted by molar-refractivity contribution is 7.17. The minimum Gasteiger partial charge on any atom is -0.302 e. The van der Waals surface area contributed by atoms with Crippen molar-refractivity contribution < 1.29 is 0 Å². The minimum atomic E-state index is 0.185. The summed E-state index contributed by atoms with van der Waals surface area (Å²) in [5.74, 6) is 0. The Labute approximate surface area is 127 Å². The number of thiophene rings is 1. The van der Waals surface area contributed by atoms with Crippen LogP contribution < -0.4 is 5.32 Å². The van der Waals surface area contributed by atoms with E-state index in [2.05, 4.69) is 66.1 Å². The lowest BCUT2D eigenvalue weighted by Gasteiger charge is -2.19. The molecule has 0 bridgehead atoms. The molecule has 0 fully saturated rings. The summed E-state index contributed by atoms with van der Waals surface area (Å²) in [7, 11) is 0. The van der Waals surface area contributed by atoms with Gasteiger partial charge in [-0.1, -0.05) is 18.2 Å². The molecule has 1 unspecified atom stereocenters. The van der Waals surface area contributed by atoms with Crippen molar-refractivity contribution in [3.63, 3.8) is 0 Å². The standard InChI is InChI=1S/C16H18N2S2/c1-10(2)17-15(16-18-11(3)8-20-16)13-9-19-14-7-5-4-6-12(13)14/h4-10,15,17H,1-3H3. The number of benzene rings is 1. The van der Waals surface area contributed by atoms with Crippen molar-refractivity contribution in [1.82, 2.24) is 10.3 Å². The summed E-state index contributed by atoms with van der Waals surface area (Å²) in [6.07, 6.45) is 0. The van der Waals surface area contributed by atoms with E-state index in [0.717, 1.165) is 10.7 Å². The first kappa shape index (κ1) is 13.7. The molecule has 20 heavy (non-hydrogen) atoms. The molecule has 1 atom stereocenters. The molecule has 0 aliphatic carbocycles. The highest BCUT2D eigenvalue weighted by atomic mass is 32.1. The maximum absolute atomic E-state index is 4.69. The second-order valence-electron chi connectivity index (χ2n) is 5.27. The van der Waals surface area contributed by atoms with Gasteiger partial charge in [0.2, 0.25) is 0 Å². The van der Waals surface area contributed by atoms with E-state index in [1.165, 1.54) is 15.6 Å². The predicted molar refractivity (Wildman–Crippen MR) is 88.8 cm³/mol. The van der Waals surface area contributed by atoms with Crippen LogP contribution in [0.4, 0.5) is 0 Å². The molecule has 1 aromatic carbocycles. The normalized spacial score (nSPS) is 13.2. The molecule has 2 nitrogen and oxygen atoms in total. The van der Waals surface area contributed by atoms with Gasteiger partial charge in [-0.25, -0.2) is 4.98 Å². The zero-order valence-corrected chi connectivity index (χ0v) is 13.5. The quantitative estimate of drug-likeness (QED) is 0.752. The number of hydrogen-bond acceptors (Lipinski definition) is 4. The number of aromatic nitrogens is 1. The topological polar surface area (TPSA) is 24.9 Å². The van der Waals surface area contributed by atoms with Gasteiger partial charge in [0.1, 0.15) is 5.01 Å². The fraction of sp³-hybridized carbons (Fsp3) is 0.312. The van der Waals surface area contributed by atoms with E-state index in [1.54, 1.807) is 11.3 Å². The first-order valence-electron chi connectivity index (χ1n) is 6.79. The third-order valence-electron chi connectivity index (χ3n) is 3.21. The van der Waals surface area contributed by atoms with Crippen molar-refractivity contribution in [2.45, 2.75) is 32.9 Å². The summed E-state index contributed by atoms with van der Waals surface area (Å²) >= 11 is 3.55. The molecule has 0 radical (unpaired) electrons. The summed E-state index contributed by atoms with van der Waals surface area (Å²) in [4.78, 5) is 4.69. The van der Waals surface area contributed by atoms with Gasteiger partial charge in [-0.3, -0.25) is 0 Å². The first-order valence-corrected chi connectivity index (χ1v) is 8.55. The molecule has 0 spiro atoms. The van der Waals surface area contributed by atoms with Gasteiger partial charge in [-0.15, -0.1) is 22.7 Å². The second kappa shape index (κ2) is 5.64. The average Bonchev–Trinajstić information content (AvgIpc) is 3.02. The van der Waals surface area contributed by atoms with Crippen LogP contribution in [-0.4, -0.2) is 11.0 Å². The maximum atomic E-state index is 4.69. The average molecular weight is 302 g/mol. The van der Waals surface area contributed by atoms with Gasteiger partial charge in [0, 0.05) is 21.8 Å². The molecule has 104 valence electrons. The minimum absolute atomic E-state index is 0.185. The molecule has 4 heteroatoms. The van der Waals surface area contributed by atoms with Crippen molar-refractivity contribution in [3.05, 3.63) is 51.3 Å². The van der Waals surface area contributed by atoms with E-state index in [4.69, 9.17) is 0 Å². The molecule has 0 aliphatic heterocycles. The van der Waals surface area contributed by atoms with Gasteiger partial charge in [-0.2, -0.15) is 0 Å². The fourth-order valence-corrected chi connectivity index (χ4v) is 4.21. The van der Waals surface area contributed by atoms with E-state index < -0.39 is 0 Å². The molecule has 0 amide bonds. The lowest BCUT2D eigenvalue weighted by atomic mass is 10.1. The Kier molecular flexibility index (Phi) is 3.87. The summed E-state index contributed by atoms with van der Waals surface area (Å²) in [6.45, 7) is 6.42. The Morgan fingerprint density at radius 2 is 1.90 bits per heavy atom. The Balaban J connectivity index is 2.09. The highest BCUT2D eigenvalue weighted by Gasteiger charge is 2.21. The molecule has 2 aromatic heterocycles. The van der Waals surface area contributed by atoms with Crippen molar-refractivity contribution >= 4 is 32.8 Å². The SMILES string of the molecule is Cc1csc(C(NC(C)C)c2csc3ccccc23)n1. The predicted octanol–water partition coefficient (Wildman–Crippen LogP) is 4.75. The van der Waals surface area contributed by atoms with E-state index in [0.29, 0.717) is 6.04 Å². The number of nitrogens with one attached hydrogen (secondary N) is 1. The smallest absolute Gasteiger partial charge is 0.114 e. The van der Waals surface area contributed by atoms with Gasteiger partial charge in [0.15, 0.2) is 0 Å². The zero-order valence-electron chi connectivity index (χ0n) is 11.9. The van der Waals surface area contributed by atoms with E-state index in [1.807, 2.05) is 11.3 Å². The molecular weight excluding hydrogens is 284 g/mol. The van der Waals surface area contributed by atoms with Crippen molar-refractivity contribution in [3.8, 4) is 0 Å². The van der Waals surface area contributed by atoms with E-state index in [9.17, 15) is 0 Å². The Bertz CT molecular complexity index is 712. The van der Waals surface area contributed by atoms with Crippen molar-refractivity contribution in [2.75, 3.05) is 0 Å². The van der Waals surface area contributed by atoms with E-state index >= 15 is 0 Å². The fourth-order valence-electron chi connectivity index (χ4n) is 2.35. The van der Waals surface area contributed by atoms with Gasteiger partial charge in [-0.05, 0) is 43.2 Å². The van der Waals surface area contributed by atoms with Crippen LogP contribution in [0.3, 0.4) is 0 Å². The van der Waals surface area contributed by atoms with Crippen LogP contribution in [0.2, 0.25) is 0 Å². The third-order valence-corrected chi connectivity index (χ3v) is 5.21. The summed E-state index contributed by atoms with van der Waals surface area (Å²) in [6, 6.07) is 9.20. The van der Waals surface area contributed by atoms with Crippen LogP contribution in [0.15, 0.2) is 35.0 Å². The number of rotatable bonds is 4. The summed E-state index contributed by atoms with van der Waals surface area (Å²) < 4.78 is 1.34. The molecule has 2 heterocycles. The number of thiazole rings is 1. The lowest BCUT2D eigenvalue weighted by Crippen LogP contribution is -2.28. The van der Waals surface area contributed by atoms with Gasteiger partial charge >= 0.3 is 0 Å². The zero-order chi connectivity index (χ0) is 14.1. The monoisotopic (exact) mass is 302 g/mol. The van der Waals surface area contributed by atoms with Gasteiger partial charge in [0.05, 0.1) is 6.04 Å². The van der Waals surface area contributed by atoms with E-state index in [-0.39, 0.29) is 6.04 Å². The molecule has 0 aliphatic rings. The van der Waals surface area contributed by atoms with Crippen LogP contribution in [0.25, 0.3) is 10.1 Å². The first-order chi connectivity index (χ1) is 9.65. The highest BCUT2D eigenvalue weighted by Crippen LogP contribution is 2.34. The van der Waals surface area contributed by atoms with Gasteiger partial charge < -0.3 is 5.32 Å². The molecule has 1 N–H and O–H groups in total. The lowest BCUT2D eigenvalue weighted by molar-refractivity contribution is 0.529. The molecular formula is C16H18N2S2. The van der Waals surface area contributed by atoms with Crippen molar-refractivity contribution in [1.29, 1.82) is 0 Å². The largest absolute Gasteiger partial charge is 0.302 e. The van der Waals surface area contributed by atoms with Crippen LogP contribution >= 0.6 is 22.7 Å². The Morgan fingerprint density at radius 1 is 1.10 bits per heavy atom. The third kappa shape index (κ3) is 2.64. The summed E-state index contributed by atoms with van der Waals surface area (Å²) in [5.41, 5.74) is 2.44. The number of hydrogen-bond donors (Lipinski definition) is 1. The molecule has 0 saturated heterocycles. The maximum Gasteiger partial charge on any atom is 0.114 e.